The van der Waals surface area contributed by atoms with E-state index in [2.05, 4.69) is 0 Å². The van der Waals surface area contributed by atoms with Gasteiger partial charge in [0, 0.05) is 26.2 Å². The quantitative estimate of drug-likeness (QED) is 0.605. The van der Waals surface area contributed by atoms with Crippen LogP contribution >= 0.6 is 0 Å². The van der Waals surface area contributed by atoms with E-state index in [4.69, 9.17) is 9.47 Å². The normalized spacial score (nSPS) is 15.0. The molecule has 1 fully saturated rings. The molecule has 0 bridgehead atoms. The van der Waals surface area contributed by atoms with E-state index in [1.807, 2.05) is 13.8 Å². The Labute approximate surface area is 182 Å². The van der Waals surface area contributed by atoms with E-state index in [9.17, 15) is 18.0 Å². The molecule has 0 aliphatic carbocycles. The number of benzene rings is 2. The number of esters is 1. The second-order valence-corrected chi connectivity index (χ2v) is 9.30. The zero-order valence-electron chi connectivity index (χ0n) is 17.6. The molecule has 0 radical (unpaired) electrons. The van der Waals surface area contributed by atoms with Gasteiger partial charge in [-0.15, -0.1) is 0 Å². The molecule has 8 nitrogen and oxygen atoms in total. The summed E-state index contributed by atoms with van der Waals surface area (Å²) < 4.78 is 37.3. The molecule has 1 amide bonds. The van der Waals surface area contributed by atoms with Gasteiger partial charge in [-0.2, -0.15) is 4.31 Å². The van der Waals surface area contributed by atoms with Crippen LogP contribution < -0.4 is 4.74 Å². The number of amides is 1. The molecule has 1 aliphatic heterocycles. The Bertz CT molecular complexity index is 998. The van der Waals surface area contributed by atoms with E-state index in [0.717, 1.165) is 0 Å². The van der Waals surface area contributed by atoms with Crippen LogP contribution in [-0.2, 0) is 19.6 Å². The third-order valence-electron chi connectivity index (χ3n) is 4.76. The fourth-order valence-electron chi connectivity index (χ4n) is 3.16. The molecule has 0 atom stereocenters. The highest BCUT2D eigenvalue weighted by Crippen LogP contribution is 2.18. The van der Waals surface area contributed by atoms with Crippen LogP contribution in [0.25, 0.3) is 0 Å². The van der Waals surface area contributed by atoms with Crippen molar-refractivity contribution in [3.8, 4) is 5.75 Å². The second-order valence-electron chi connectivity index (χ2n) is 7.37. The number of rotatable bonds is 7. The molecule has 9 heteroatoms. The van der Waals surface area contributed by atoms with Crippen molar-refractivity contribution >= 4 is 21.9 Å². The fourth-order valence-corrected chi connectivity index (χ4v) is 4.61. The predicted octanol–water partition coefficient (Wildman–Crippen LogP) is 2.16. The number of ether oxygens (including phenoxy) is 2. The van der Waals surface area contributed by atoms with E-state index in [-0.39, 0.29) is 43.1 Å². The van der Waals surface area contributed by atoms with Gasteiger partial charge in [-0.05, 0) is 50.2 Å². The van der Waals surface area contributed by atoms with Gasteiger partial charge in [0.05, 0.1) is 16.6 Å². The molecule has 2 aromatic carbocycles. The molecule has 1 saturated heterocycles. The van der Waals surface area contributed by atoms with Crippen LogP contribution in [0, 0.1) is 0 Å². The zero-order chi connectivity index (χ0) is 22.4. The minimum absolute atomic E-state index is 0.0265. The van der Waals surface area contributed by atoms with Crippen LogP contribution in [0.5, 0.6) is 5.75 Å². The minimum atomic E-state index is -3.58. The van der Waals surface area contributed by atoms with Gasteiger partial charge >= 0.3 is 5.97 Å². The lowest BCUT2D eigenvalue weighted by molar-refractivity contribution is -0.135. The van der Waals surface area contributed by atoms with Gasteiger partial charge in [0.15, 0.2) is 6.61 Å². The Morgan fingerprint density at radius 3 is 2.13 bits per heavy atom. The topological polar surface area (TPSA) is 93.2 Å². The van der Waals surface area contributed by atoms with E-state index < -0.39 is 22.6 Å². The first-order valence-electron chi connectivity index (χ1n) is 10.0. The number of carbonyl (C=O) groups is 2. The lowest BCUT2D eigenvalue weighted by atomic mass is 10.2. The first-order valence-corrected chi connectivity index (χ1v) is 11.5. The van der Waals surface area contributed by atoms with Crippen LogP contribution in [0.15, 0.2) is 59.5 Å². The monoisotopic (exact) mass is 446 g/mol. The number of carbonyl (C=O) groups excluding carboxylic acids is 2. The molecule has 0 N–H and O–H groups in total. The van der Waals surface area contributed by atoms with Gasteiger partial charge < -0.3 is 14.4 Å². The van der Waals surface area contributed by atoms with Crippen LogP contribution in [-0.4, -0.2) is 68.4 Å². The van der Waals surface area contributed by atoms with Crippen molar-refractivity contribution in [2.45, 2.75) is 24.8 Å². The molecule has 2 aromatic rings. The summed E-state index contributed by atoms with van der Waals surface area (Å²) in [5.74, 6) is -0.314. The summed E-state index contributed by atoms with van der Waals surface area (Å²) in [4.78, 5) is 26.3. The average Bonchev–Trinajstić information content (AvgIpc) is 2.78. The van der Waals surface area contributed by atoms with Crippen molar-refractivity contribution in [3.05, 3.63) is 60.2 Å². The Kier molecular flexibility index (Phi) is 7.29. The average molecular weight is 447 g/mol. The smallest absolute Gasteiger partial charge is 0.338 e. The molecule has 0 aromatic heterocycles. The van der Waals surface area contributed by atoms with Crippen LogP contribution in [0.2, 0.25) is 0 Å². The molecule has 1 aliphatic rings. The Morgan fingerprint density at radius 1 is 0.935 bits per heavy atom. The number of hydrogen-bond acceptors (Lipinski definition) is 6. The third kappa shape index (κ3) is 5.83. The SMILES string of the molecule is CC(C)Oc1ccc(C(=O)OCC(=O)N2CCN(S(=O)(=O)c3ccccc3)CC2)cc1. The van der Waals surface area contributed by atoms with E-state index in [1.165, 1.54) is 9.21 Å². The van der Waals surface area contributed by atoms with Crippen molar-refractivity contribution in [1.82, 2.24) is 9.21 Å². The first kappa shape index (κ1) is 22.8. The maximum atomic E-state index is 12.7. The van der Waals surface area contributed by atoms with Crippen molar-refractivity contribution in [2.24, 2.45) is 0 Å². The van der Waals surface area contributed by atoms with Gasteiger partial charge in [-0.1, -0.05) is 18.2 Å². The highest BCUT2D eigenvalue weighted by molar-refractivity contribution is 7.89. The van der Waals surface area contributed by atoms with Crippen LogP contribution in [0.3, 0.4) is 0 Å². The van der Waals surface area contributed by atoms with Crippen molar-refractivity contribution in [2.75, 3.05) is 32.8 Å². The lowest BCUT2D eigenvalue weighted by Crippen LogP contribution is -2.51. The molecular weight excluding hydrogens is 420 g/mol. The Hall–Kier alpha value is -2.91. The van der Waals surface area contributed by atoms with Crippen LogP contribution in [0.1, 0.15) is 24.2 Å². The van der Waals surface area contributed by atoms with Crippen molar-refractivity contribution < 1.29 is 27.5 Å². The Morgan fingerprint density at radius 2 is 1.55 bits per heavy atom. The summed E-state index contributed by atoms with van der Waals surface area (Å²) in [5.41, 5.74) is 0.322. The van der Waals surface area contributed by atoms with Crippen molar-refractivity contribution in [3.63, 3.8) is 0 Å². The van der Waals surface area contributed by atoms with Gasteiger partial charge in [-0.3, -0.25) is 4.79 Å². The minimum Gasteiger partial charge on any atom is -0.491 e. The highest BCUT2D eigenvalue weighted by Gasteiger charge is 2.30. The van der Waals surface area contributed by atoms with Gasteiger partial charge in [0.25, 0.3) is 5.91 Å². The third-order valence-corrected chi connectivity index (χ3v) is 6.67. The van der Waals surface area contributed by atoms with Gasteiger partial charge in [-0.25, -0.2) is 13.2 Å². The summed E-state index contributed by atoms with van der Waals surface area (Å²) >= 11 is 0. The maximum absolute atomic E-state index is 12.7. The number of hydrogen-bond donors (Lipinski definition) is 0. The van der Waals surface area contributed by atoms with Gasteiger partial charge in [0.2, 0.25) is 10.0 Å². The summed E-state index contributed by atoms with van der Waals surface area (Å²) in [5, 5.41) is 0. The molecule has 0 saturated carbocycles. The van der Waals surface area contributed by atoms with Gasteiger partial charge in [0.1, 0.15) is 5.75 Å². The van der Waals surface area contributed by atoms with E-state index in [1.54, 1.807) is 54.6 Å². The van der Waals surface area contributed by atoms with E-state index in [0.29, 0.717) is 11.3 Å². The van der Waals surface area contributed by atoms with Crippen LogP contribution in [0.4, 0.5) is 0 Å². The molecule has 1 heterocycles. The molecule has 0 spiro atoms. The standard InChI is InChI=1S/C22H26N2O6S/c1-17(2)30-19-10-8-18(9-11-19)22(26)29-16-21(25)23-12-14-24(15-13-23)31(27,28)20-6-4-3-5-7-20/h3-11,17H,12-16H2,1-2H3. The Balaban J connectivity index is 1.48. The second kappa shape index (κ2) is 9.93. The maximum Gasteiger partial charge on any atom is 0.338 e. The molecule has 166 valence electrons. The molecule has 31 heavy (non-hydrogen) atoms. The number of piperazine rings is 1. The zero-order valence-corrected chi connectivity index (χ0v) is 18.4. The lowest BCUT2D eigenvalue weighted by Gasteiger charge is -2.33. The largest absolute Gasteiger partial charge is 0.491 e. The number of nitrogens with zero attached hydrogens (tertiary/aromatic N) is 2. The summed E-state index contributed by atoms with van der Waals surface area (Å²) in [6.07, 6.45) is 0.0265. The summed E-state index contributed by atoms with van der Waals surface area (Å²) in [6, 6.07) is 14.7. The van der Waals surface area contributed by atoms with Crippen molar-refractivity contribution in [1.29, 1.82) is 0 Å². The number of sulfonamides is 1. The van der Waals surface area contributed by atoms with E-state index >= 15 is 0 Å². The summed E-state index contributed by atoms with van der Waals surface area (Å²) in [7, 11) is -3.58. The highest BCUT2D eigenvalue weighted by atomic mass is 32.2. The predicted molar refractivity (Wildman–Crippen MR) is 114 cm³/mol. The molecule has 3 rings (SSSR count). The fraction of sp³-hybridized carbons (Fsp3) is 0.364. The molecule has 0 unspecified atom stereocenters. The molecular formula is C22H26N2O6S. The summed E-state index contributed by atoms with van der Waals surface area (Å²) in [6.45, 7) is 4.28. The first-order chi connectivity index (χ1) is 14.8.